The van der Waals surface area contributed by atoms with E-state index in [2.05, 4.69) is 10.6 Å². The van der Waals surface area contributed by atoms with Gasteiger partial charge in [-0.2, -0.15) is 5.26 Å². The number of carbonyl (C=O) groups is 2. The minimum atomic E-state index is -0.530. The van der Waals surface area contributed by atoms with Gasteiger partial charge in [0.1, 0.15) is 11.4 Å². The molecule has 0 radical (unpaired) electrons. The van der Waals surface area contributed by atoms with Gasteiger partial charge in [-0.1, -0.05) is 0 Å². The molecule has 0 heterocycles. The van der Waals surface area contributed by atoms with Crippen molar-refractivity contribution in [2.24, 2.45) is 0 Å². The first kappa shape index (κ1) is 21.3. The Morgan fingerprint density at radius 2 is 1.64 bits per heavy atom. The zero-order valence-electron chi connectivity index (χ0n) is 16.5. The third kappa shape index (κ3) is 6.95. The van der Waals surface area contributed by atoms with Crippen molar-refractivity contribution < 1.29 is 19.4 Å². The molecule has 150 valence electrons. The second kappa shape index (κ2) is 9.27. The quantitative estimate of drug-likeness (QED) is 0.544. The van der Waals surface area contributed by atoms with Gasteiger partial charge in [0.2, 0.25) is 5.91 Å². The van der Waals surface area contributed by atoms with Crippen molar-refractivity contribution in [2.45, 2.75) is 64.1 Å². The van der Waals surface area contributed by atoms with Gasteiger partial charge in [0.25, 0.3) is 0 Å². The van der Waals surface area contributed by atoms with Crippen LogP contribution in [0.3, 0.4) is 0 Å². The summed E-state index contributed by atoms with van der Waals surface area (Å²) in [5, 5.41) is 24.4. The summed E-state index contributed by atoms with van der Waals surface area (Å²) < 4.78 is 5.26. The Bertz CT molecular complexity index is 764. The summed E-state index contributed by atoms with van der Waals surface area (Å²) in [6, 6.07) is 8.16. The van der Waals surface area contributed by atoms with E-state index >= 15 is 0 Å². The molecule has 0 unspecified atom stereocenters. The molecule has 0 bridgehead atoms. The van der Waals surface area contributed by atoms with Crippen molar-refractivity contribution in [3.63, 3.8) is 0 Å². The Kier molecular flexibility index (Phi) is 7.05. The summed E-state index contributed by atoms with van der Waals surface area (Å²) in [5.41, 5.74) is 0.274. The molecule has 0 atom stereocenters. The average molecular weight is 385 g/mol. The fraction of sp³-hybridized carbons (Fsp3) is 0.476. The first-order valence-electron chi connectivity index (χ1n) is 9.37. The molecule has 3 N–H and O–H groups in total. The lowest BCUT2D eigenvalue weighted by Gasteiger charge is -2.30. The number of aromatic hydroxyl groups is 1. The first-order chi connectivity index (χ1) is 13.2. The van der Waals surface area contributed by atoms with Gasteiger partial charge in [-0.05, 0) is 76.3 Å². The number of nitriles is 1. The minimum absolute atomic E-state index is 0.000183. The molecule has 1 fully saturated rings. The van der Waals surface area contributed by atoms with Crippen LogP contribution in [0.1, 0.15) is 52.0 Å². The van der Waals surface area contributed by atoms with E-state index in [0.717, 1.165) is 25.7 Å². The Hall–Kier alpha value is -3.01. The van der Waals surface area contributed by atoms with Gasteiger partial charge in [0, 0.05) is 18.2 Å². The van der Waals surface area contributed by atoms with Gasteiger partial charge in [-0.15, -0.1) is 0 Å². The van der Waals surface area contributed by atoms with Crippen LogP contribution in [0.4, 0.5) is 4.79 Å². The molecule has 2 rings (SSSR count). The SMILES string of the molecule is CC(C)(C)OC(=O)NC1CCC(NC(=O)/C=C(/C#N)c2ccc(O)cc2)CC1. The summed E-state index contributed by atoms with van der Waals surface area (Å²) in [4.78, 5) is 24.1. The Morgan fingerprint density at radius 1 is 1.11 bits per heavy atom. The number of nitrogens with one attached hydrogen (secondary N) is 2. The largest absolute Gasteiger partial charge is 0.508 e. The number of hydrogen-bond donors (Lipinski definition) is 3. The highest BCUT2D eigenvalue weighted by molar-refractivity contribution is 5.98. The molecule has 0 saturated heterocycles. The smallest absolute Gasteiger partial charge is 0.407 e. The number of ether oxygens (including phenoxy) is 1. The van der Waals surface area contributed by atoms with Crippen LogP contribution in [0.2, 0.25) is 0 Å². The summed E-state index contributed by atoms with van der Waals surface area (Å²) in [6.45, 7) is 5.46. The molecule has 1 saturated carbocycles. The number of hydrogen-bond acceptors (Lipinski definition) is 5. The monoisotopic (exact) mass is 385 g/mol. The number of phenolic OH excluding ortho intramolecular Hbond substituents is 1. The van der Waals surface area contributed by atoms with Crippen molar-refractivity contribution in [3.8, 4) is 11.8 Å². The van der Waals surface area contributed by atoms with E-state index in [1.54, 1.807) is 12.1 Å². The lowest BCUT2D eigenvalue weighted by atomic mass is 9.91. The van der Waals surface area contributed by atoms with Crippen molar-refractivity contribution >= 4 is 17.6 Å². The lowest BCUT2D eigenvalue weighted by molar-refractivity contribution is -0.117. The standard InChI is InChI=1S/C21H27N3O4/c1-21(2,3)28-20(27)24-17-8-6-16(7-9-17)23-19(26)12-15(13-22)14-4-10-18(25)11-5-14/h4-5,10-12,16-17,25H,6-9H2,1-3H3,(H,23,26)(H,24,27)/b15-12-. The maximum absolute atomic E-state index is 12.3. The molecule has 1 aromatic rings. The highest BCUT2D eigenvalue weighted by Gasteiger charge is 2.25. The van der Waals surface area contributed by atoms with Gasteiger partial charge >= 0.3 is 6.09 Å². The fourth-order valence-corrected chi connectivity index (χ4v) is 3.05. The van der Waals surface area contributed by atoms with Crippen LogP contribution in [-0.2, 0) is 9.53 Å². The topological polar surface area (TPSA) is 111 Å². The molecule has 1 aromatic carbocycles. The Balaban J connectivity index is 1.83. The summed E-state index contributed by atoms with van der Waals surface area (Å²) >= 11 is 0. The second-order valence-corrected chi connectivity index (χ2v) is 7.92. The van der Waals surface area contributed by atoms with Gasteiger partial charge in [-0.3, -0.25) is 4.79 Å². The van der Waals surface area contributed by atoms with Crippen LogP contribution in [0.15, 0.2) is 30.3 Å². The predicted molar refractivity (Wildman–Crippen MR) is 105 cm³/mol. The Labute approximate surface area is 165 Å². The molecule has 0 aliphatic heterocycles. The summed E-state index contributed by atoms with van der Waals surface area (Å²) in [5.74, 6) is -0.226. The van der Waals surface area contributed by atoms with E-state index in [0.29, 0.717) is 5.56 Å². The first-order valence-corrected chi connectivity index (χ1v) is 9.37. The minimum Gasteiger partial charge on any atom is -0.508 e. The van der Waals surface area contributed by atoms with Crippen LogP contribution in [0, 0.1) is 11.3 Å². The highest BCUT2D eigenvalue weighted by atomic mass is 16.6. The van der Waals surface area contributed by atoms with Crippen molar-refractivity contribution in [1.29, 1.82) is 5.26 Å². The van der Waals surface area contributed by atoms with Gasteiger partial charge in [0.05, 0.1) is 11.6 Å². The van der Waals surface area contributed by atoms with E-state index < -0.39 is 11.7 Å². The number of rotatable bonds is 4. The molecular formula is C21H27N3O4. The van der Waals surface area contributed by atoms with Gasteiger partial charge < -0.3 is 20.5 Å². The molecule has 28 heavy (non-hydrogen) atoms. The number of carbonyl (C=O) groups excluding carboxylic acids is 2. The van der Waals surface area contributed by atoms with Gasteiger partial charge in [-0.25, -0.2) is 4.79 Å². The Morgan fingerprint density at radius 3 is 2.14 bits per heavy atom. The van der Waals surface area contributed by atoms with Gasteiger partial charge in [0.15, 0.2) is 0 Å². The molecule has 2 amide bonds. The van der Waals surface area contributed by atoms with E-state index in [4.69, 9.17) is 4.74 Å². The molecule has 0 spiro atoms. The van der Waals surface area contributed by atoms with E-state index in [-0.39, 0.29) is 29.3 Å². The molecule has 0 aromatic heterocycles. The number of nitrogens with zero attached hydrogens (tertiary/aromatic N) is 1. The number of phenols is 1. The van der Waals surface area contributed by atoms with Crippen LogP contribution in [0.5, 0.6) is 5.75 Å². The lowest BCUT2D eigenvalue weighted by Crippen LogP contribution is -2.44. The van der Waals surface area contributed by atoms with Crippen LogP contribution in [-0.4, -0.2) is 34.8 Å². The predicted octanol–water partition coefficient (Wildman–Crippen LogP) is 3.25. The third-order valence-corrected chi connectivity index (χ3v) is 4.37. The van der Waals surface area contributed by atoms with Crippen molar-refractivity contribution in [1.82, 2.24) is 10.6 Å². The fourth-order valence-electron chi connectivity index (χ4n) is 3.05. The average Bonchev–Trinajstić information content (AvgIpc) is 2.60. The summed E-state index contributed by atoms with van der Waals surface area (Å²) in [7, 11) is 0. The molecule has 7 heteroatoms. The van der Waals surface area contributed by atoms with E-state index in [9.17, 15) is 20.0 Å². The maximum atomic E-state index is 12.3. The van der Waals surface area contributed by atoms with Crippen molar-refractivity contribution in [2.75, 3.05) is 0 Å². The number of alkyl carbamates (subject to hydrolysis) is 1. The number of allylic oxidation sites excluding steroid dienone is 1. The third-order valence-electron chi connectivity index (χ3n) is 4.37. The molecule has 7 nitrogen and oxygen atoms in total. The second-order valence-electron chi connectivity index (χ2n) is 7.92. The van der Waals surface area contributed by atoms with Crippen LogP contribution in [0.25, 0.3) is 5.57 Å². The van der Waals surface area contributed by atoms with E-state index in [1.165, 1.54) is 18.2 Å². The van der Waals surface area contributed by atoms with Crippen LogP contribution >= 0.6 is 0 Å². The van der Waals surface area contributed by atoms with Crippen molar-refractivity contribution in [3.05, 3.63) is 35.9 Å². The molecular weight excluding hydrogens is 358 g/mol. The number of amides is 2. The van der Waals surface area contributed by atoms with E-state index in [1.807, 2.05) is 26.8 Å². The number of benzene rings is 1. The summed E-state index contributed by atoms with van der Waals surface area (Å²) in [6.07, 6.45) is 3.82. The molecule has 1 aliphatic carbocycles. The zero-order chi connectivity index (χ0) is 20.7. The highest BCUT2D eigenvalue weighted by Crippen LogP contribution is 2.20. The zero-order valence-corrected chi connectivity index (χ0v) is 16.5. The van der Waals surface area contributed by atoms with Crippen LogP contribution < -0.4 is 10.6 Å². The maximum Gasteiger partial charge on any atom is 0.407 e. The molecule has 1 aliphatic rings. The normalized spacial score (nSPS) is 20.0.